The zero-order chi connectivity index (χ0) is 24.4. The molecule has 0 spiro atoms. The van der Waals surface area contributed by atoms with Crippen molar-refractivity contribution in [1.82, 2.24) is 5.32 Å². The van der Waals surface area contributed by atoms with Crippen molar-refractivity contribution in [3.05, 3.63) is 0 Å². The zero-order valence-corrected chi connectivity index (χ0v) is 22.0. The minimum absolute atomic E-state index is 0.181. The molecule has 192 valence electrons. The Balaban J connectivity index is 0.00000149. The SMILES string of the molecule is CC.CC(CCC(=O)O)C1CCC2C3C[C@@H](O)[C@H]4CC(NCCN)CC[C@]4(C)C3CC[C@]12C. The number of aliphatic hydroxyl groups is 1. The quantitative estimate of drug-likeness (QED) is 0.422. The summed E-state index contributed by atoms with van der Waals surface area (Å²) in [5.41, 5.74) is 6.29. The summed E-state index contributed by atoms with van der Waals surface area (Å²) in [4.78, 5) is 11.1. The van der Waals surface area contributed by atoms with E-state index >= 15 is 0 Å². The second-order valence-electron chi connectivity index (χ2n) is 12.1. The Kier molecular flexibility index (Phi) is 8.94. The van der Waals surface area contributed by atoms with Crippen LogP contribution in [-0.2, 0) is 4.79 Å². The molecular formula is C28H52N2O3. The van der Waals surface area contributed by atoms with Gasteiger partial charge >= 0.3 is 5.97 Å². The predicted octanol–water partition coefficient (Wildman–Crippen LogP) is 5.06. The third kappa shape index (κ3) is 5.02. The normalized spacial score (nSPS) is 45.1. The fraction of sp³-hybridized carbons (Fsp3) is 0.964. The molecule has 0 radical (unpaired) electrons. The summed E-state index contributed by atoms with van der Waals surface area (Å²) in [6, 6.07) is 0.507. The van der Waals surface area contributed by atoms with Crippen LogP contribution >= 0.6 is 0 Å². The predicted molar refractivity (Wildman–Crippen MR) is 135 cm³/mol. The van der Waals surface area contributed by atoms with E-state index in [0.717, 1.165) is 31.7 Å². The van der Waals surface area contributed by atoms with Crippen molar-refractivity contribution in [2.45, 2.75) is 111 Å². The Bertz CT molecular complexity index is 657. The average Bonchev–Trinajstić information content (AvgIpc) is 3.15. The molecule has 0 amide bonds. The van der Waals surface area contributed by atoms with Crippen molar-refractivity contribution in [3.8, 4) is 0 Å². The van der Waals surface area contributed by atoms with Crippen molar-refractivity contribution in [1.29, 1.82) is 0 Å². The lowest BCUT2D eigenvalue weighted by Crippen LogP contribution is -2.59. The molecule has 0 aromatic carbocycles. The summed E-state index contributed by atoms with van der Waals surface area (Å²) in [7, 11) is 0. The minimum atomic E-state index is -0.666. The van der Waals surface area contributed by atoms with Gasteiger partial charge in [0.2, 0.25) is 0 Å². The molecule has 10 atom stereocenters. The second kappa shape index (κ2) is 11.0. The van der Waals surface area contributed by atoms with E-state index in [4.69, 9.17) is 10.8 Å². The molecule has 4 fully saturated rings. The molecule has 0 heterocycles. The number of rotatable bonds is 7. The molecule has 4 aliphatic carbocycles. The molecule has 4 aliphatic rings. The van der Waals surface area contributed by atoms with Crippen LogP contribution in [0.15, 0.2) is 0 Å². The number of carboxylic acids is 1. The van der Waals surface area contributed by atoms with Crippen molar-refractivity contribution in [2.24, 2.45) is 52.1 Å². The highest BCUT2D eigenvalue weighted by Crippen LogP contribution is 2.68. The molecular weight excluding hydrogens is 412 g/mol. The molecule has 4 rings (SSSR count). The molecule has 5 nitrogen and oxygen atoms in total. The molecule has 0 saturated heterocycles. The van der Waals surface area contributed by atoms with E-state index in [2.05, 4.69) is 26.1 Å². The van der Waals surface area contributed by atoms with Gasteiger partial charge in [0.05, 0.1) is 6.10 Å². The maximum absolute atomic E-state index is 11.4. The smallest absolute Gasteiger partial charge is 0.303 e. The third-order valence-corrected chi connectivity index (χ3v) is 10.8. The van der Waals surface area contributed by atoms with Gasteiger partial charge in [-0.25, -0.2) is 0 Å². The molecule has 0 aromatic heterocycles. The van der Waals surface area contributed by atoms with E-state index < -0.39 is 5.97 Å². The summed E-state index contributed by atoms with van der Waals surface area (Å²) in [6.07, 6.45) is 10.5. The number of fused-ring (bicyclic) bond motifs is 5. The number of carbonyl (C=O) groups is 1. The molecule has 33 heavy (non-hydrogen) atoms. The summed E-state index contributed by atoms with van der Waals surface area (Å²) in [5.74, 6) is 2.93. The van der Waals surface area contributed by atoms with Crippen LogP contribution in [0, 0.1) is 46.3 Å². The molecule has 6 unspecified atom stereocenters. The van der Waals surface area contributed by atoms with E-state index in [1.54, 1.807) is 0 Å². The molecule has 4 saturated carbocycles. The van der Waals surface area contributed by atoms with Gasteiger partial charge in [-0.3, -0.25) is 4.79 Å². The van der Waals surface area contributed by atoms with E-state index in [1.807, 2.05) is 13.8 Å². The van der Waals surface area contributed by atoms with E-state index in [-0.39, 0.29) is 11.5 Å². The van der Waals surface area contributed by atoms with Crippen LogP contribution < -0.4 is 11.1 Å². The summed E-state index contributed by atoms with van der Waals surface area (Å²) in [5, 5.41) is 24.1. The van der Waals surface area contributed by atoms with Crippen molar-refractivity contribution in [2.75, 3.05) is 13.1 Å². The lowest BCUT2D eigenvalue weighted by molar-refractivity contribution is -0.162. The van der Waals surface area contributed by atoms with Gasteiger partial charge in [-0.15, -0.1) is 0 Å². The highest BCUT2D eigenvalue weighted by Gasteiger charge is 2.62. The van der Waals surface area contributed by atoms with Gasteiger partial charge in [-0.05, 0) is 104 Å². The highest BCUT2D eigenvalue weighted by atomic mass is 16.4. The zero-order valence-electron chi connectivity index (χ0n) is 22.0. The Morgan fingerprint density at radius 1 is 1.03 bits per heavy atom. The fourth-order valence-electron chi connectivity index (χ4n) is 9.30. The molecule has 5 N–H and O–H groups in total. The third-order valence-electron chi connectivity index (χ3n) is 10.8. The monoisotopic (exact) mass is 464 g/mol. The number of carboxylic acid groups (broad SMARTS) is 1. The van der Waals surface area contributed by atoms with E-state index in [1.165, 1.54) is 38.5 Å². The lowest BCUT2D eigenvalue weighted by atomic mass is 9.43. The van der Waals surface area contributed by atoms with Crippen LogP contribution in [0.2, 0.25) is 0 Å². The van der Waals surface area contributed by atoms with Crippen molar-refractivity contribution >= 4 is 5.97 Å². The lowest BCUT2D eigenvalue weighted by Gasteiger charge is -2.62. The molecule has 0 aromatic rings. The van der Waals surface area contributed by atoms with Crippen molar-refractivity contribution in [3.63, 3.8) is 0 Å². The minimum Gasteiger partial charge on any atom is -0.481 e. The first-order valence-corrected chi connectivity index (χ1v) is 14.0. The maximum Gasteiger partial charge on any atom is 0.303 e. The first-order valence-electron chi connectivity index (χ1n) is 14.0. The Labute approximate surface area is 202 Å². The number of aliphatic carboxylic acids is 1. The Hall–Kier alpha value is -0.650. The van der Waals surface area contributed by atoms with Crippen LogP contribution in [0.25, 0.3) is 0 Å². The number of nitrogens with two attached hydrogens (primary N) is 1. The molecule has 0 aliphatic heterocycles. The average molecular weight is 465 g/mol. The number of aliphatic hydroxyl groups excluding tert-OH is 1. The number of hydrogen-bond acceptors (Lipinski definition) is 4. The van der Waals surface area contributed by atoms with Gasteiger partial charge in [-0.2, -0.15) is 0 Å². The van der Waals surface area contributed by atoms with Crippen molar-refractivity contribution < 1.29 is 15.0 Å². The van der Waals surface area contributed by atoms with Crippen LogP contribution in [0.3, 0.4) is 0 Å². The largest absolute Gasteiger partial charge is 0.481 e. The van der Waals surface area contributed by atoms with E-state index in [0.29, 0.717) is 54.0 Å². The van der Waals surface area contributed by atoms with Gasteiger partial charge in [0.1, 0.15) is 0 Å². The first kappa shape index (κ1) is 26.9. The number of nitrogens with one attached hydrogen (secondary N) is 1. The van der Waals surface area contributed by atoms with Gasteiger partial charge in [0, 0.05) is 25.6 Å². The summed E-state index contributed by atoms with van der Waals surface area (Å²) in [6.45, 7) is 12.9. The van der Waals surface area contributed by atoms with Crippen LogP contribution in [-0.4, -0.2) is 41.4 Å². The molecule has 0 bridgehead atoms. The standard InChI is InChI=1S/C26H46N2O3.C2H6/c1-16(4-7-24(30)31)19-5-6-20-18-15-23(29)22-14-17(28-13-12-27)8-10-26(22,3)21(18)9-11-25(19,20)2;1-2/h16-23,28-29H,4-15,27H2,1-3H3,(H,30,31);1-2H3/t16?,17?,18?,19?,20?,21?,22-,23-,25-,26-;/m1./s1. The molecule has 5 heteroatoms. The number of hydrogen-bond donors (Lipinski definition) is 4. The van der Waals surface area contributed by atoms with Crippen LogP contribution in [0.1, 0.15) is 98.8 Å². The Morgan fingerprint density at radius 2 is 1.70 bits per heavy atom. The Morgan fingerprint density at radius 3 is 2.36 bits per heavy atom. The van der Waals surface area contributed by atoms with Gasteiger partial charge in [-0.1, -0.05) is 34.6 Å². The summed E-state index contributed by atoms with van der Waals surface area (Å²) < 4.78 is 0. The highest BCUT2D eigenvalue weighted by molar-refractivity contribution is 5.66. The van der Waals surface area contributed by atoms with E-state index in [9.17, 15) is 9.90 Å². The topological polar surface area (TPSA) is 95.6 Å². The van der Waals surface area contributed by atoms with Gasteiger partial charge in [0.25, 0.3) is 0 Å². The fourth-order valence-corrected chi connectivity index (χ4v) is 9.30. The first-order chi connectivity index (χ1) is 15.7. The van der Waals surface area contributed by atoms with Crippen LogP contribution in [0.4, 0.5) is 0 Å². The maximum atomic E-state index is 11.4. The summed E-state index contributed by atoms with van der Waals surface area (Å²) >= 11 is 0. The van der Waals surface area contributed by atoms with Gasteiger partial charge in [0.15, 0.2) is 0 Å². The van der Waals surface area contributed by atoms with Gasteiger partial charge < -0.3 is 21.3 Å². The van der Waals surface area contributed by atoms with Crippen LogP contribution in [0.5, 0.6) is 0 Å². The second-order valence-corrected chi connectivity index (χ2v) is 12.1.